The Bertz CT molecular complexity index is 900. The van der Waals surface area contributed by atoms with Gasteiger partial charge in [0.25, 0.3) is 0 Å². The molecule has 0 aliphatic rings. The summed E-state index contributed by atoms with van der Waals surface area (Å²) in [6, 6.07) is 11.2. The second-order valence-electron chi connectivity index (χ2n) is 4.81. The van der Waals surface area contributed by atoms with Crippen molar-refractivity contribution in [2.75, 3.05) is 19.5 Å². The second kappa shape index (κ2) is 6.24. The van der Waals surface area contributed by atoms with E-state index in [0.717, 1.165) is 22.2 Å². The number of nitrogens with one attached hydrogen (secondary N) is 1. The first kappa shape index (κ1) is 14.7. The van der Waals surface area contributed by atoms with Crippen molar-refractivity contribution in [1.82, 2.24) is 9.97 Å². The minimum absolute atomic E-state index is 0.485. The van der Waals surface area contributed by atoms with E-state index < -0.39 is 0 Å². The summed E-state index contributed by atoms with van der Waals surface area (Å²) in [6.07, 6.45) is 7.14. The van der Waals surface area contributed by atoms with Crippen molar-refractivity contribution in [3.05, 3.63) is 48.2 Å². The minimum Gasteiger partial charge on any atom is -0.493 e. The van der Waals surface area contributed by atoms with E-state index in [9.17, 15) is 0 Å². The zero-order valence-corrected chi connectivity index (χ0v) is 12.8. The number of terminal acetylenes is 1. The van der Waals surface area contributed by atoms with Crippen LogP contribution in [0.25, 0.3) is 10.9 Å². The molecule has 0 saturated carbocycles. The lowest BCUT2D eigenvalue weighted by Gasteiger charge is -2.10. The van der Waals surface area contributed by atoms with Crippen LogP contribution in [-0.4, -0.2) is 24.2 Å². The lowest BCUT2D eigenvalue weighted by Crippen LogP contribution is -1.98. The molecule has 0 spiro atoms. The molecule has 1 aromatic heterocycles. The van der Waals surface area contributed by atoms with Gasteiger partial charge < -0.3 is 14.8 Å². The molecule has 114 valence electrons. The summed E-state index contributed by atoms with van der Waals surface area (Å²) in [6.45, 7) is 0. The van der Waals surface area contributed by atoms with Crippen molar-refractivity contribution in [3.8, 4) is 23.8 Å². The van der Waals surface area contributed by atoms with Gasteiger partial charge in [-0.15, -0.1) is 6.42 Å². The van der Waals surface area contributed by atoms with Crippen molar-refractivity contribution in [1.29, 1.82) is 0 Å². The van der Waals surface area contributed by atoms with Crippen LogP contribution < -0.4 is 14.8 Å². The molecule has 0 atom stereocenters. The van der Waals surface area contributed by atoms with Gasteiger partial charge in [0.2, 0.25) is 5.95 Å². The summed E-state index contributed by atoms with van der Waals surface area (Å²) >= 11 is 0. The third-order valence-electron chi connectivity index (χ3n) is 3.37. The summed E-state index contributed by atoms with van der Waals surface area (Å²) in [5.41, 5.74) is 2.38. The molecule has 0 fully saturated rings. The molecule has 0 aliphatic carbocycles. The topological polar surface area (TPSA) is 56.3 Å². The lowest BCUT2D eigenvalue weighted by atomic mass is 10.2. The molecule has 0 amide bonds. The molecule has 0 saturated heterocycles. The highest BCUT2D eigenvalue weighted by molar-refractivity contribution is 5.83. The first-order valence-corrected chi connectivity index (χ1v) is 6.96. The zero-order valence-electron chi connectivity index (χ0n) is 12.8. The molecule has 1 N–H and O–H groups in total. The Kier molecular flexibility index (Phi) is 3.98. The van der Waals surface area contributed by atoms with Crippen molar-refractivity contribution in [2.45, 2.75) is 0 Å². The Balaban J connectivity index is 1.97. The minimum atomic E-state index is 0.485. The number of aromatic nitrogens is 2. The third-order valence-corrected chi connectivity index (χ3v) is 3.37. The van der Waals surface area contributed by atoms with Gasteiger partial charge in [-0.05, 0) is 24.3 Å². The normalized spacial score (nSPS) is 10.1. The molecule has 3 aromatic rings. The van der Waals surface area contributed by atoms with Crippen LogP contribution in [0.5, 0.6) is 11.5 Å². The molecular formula is C18H15N3O2. The Hall–Kier alpha value is -3.26. The number of rotatable bonds is 4. The Morgan fingerprint density at radius 3 is 2.61 bits per heavy atom. The number of fused-ring (bicyclic) bond motifs is 1. The Morgan fingerprint density at radius 1 is 1.09 bits per heavy atom. The van der Waals surface area contributed by atoms with E-state index in [0.29, 0.717) is 17.4 Å². The van der Waals surface area contributed by atoms with Gasteiger partial charge in [-0.1, -0.05) is 12.0 Å². The van der Waals surface area contributed by atoms with Crippen molar-refractivity contribution >= 4 is 22.5 Å². The van der Waals surface area contributed by atoms with Crippen LogP contribution in [-0.2, 0) is 0 Å². The third kappa shape index (κ3) is 3.01. The van der Waals surface area contributed by atoms with E-state index in [2.05, 4.69) is 21.2 Å². The highest BCUT2D eigenvalue weighted by atomic mass is 16.5. The predicted octanol–water partition coefficient (Wildman–Crippen LogP) is 3.37. The predicted molar refractivity (Wildman–Crippen MR) is 90.3 cm³/mol. The highest BCUT2D eigenvalue weighted by Gasteiger charge is 2.08. The summed E-state index contributed by atoms with van der Waals surface area (Å²) in [4.78, 5) is 8.82. The highest BCUT2D eigenvalue weighted by Crippen LogP contribution is 2.31. The molecule has 5 nitrogen and oxygen atoms in total. The van der Waals surface area contributed by atoms with Gasteiger partial charge in [-0.25, -0.2) is 9.97 Å². The molecular weight excluding hydrogens is 290 g/mol. The fourth-order valence-electron chi connectivity index (χ4n) is 2.23. The maximum atomic E-state index is 5.41. The first-order valence-electron chi connectivity index (χ1n) is 6.96. The summed E-state index contributed by atoms with van der Waals surface area (Å²) in [5, 5.41) is 4.01. The van der Waals surface area contributed by atoms with Gasteiger partial charge in [0.15, 0.2) is 11.5 Å². The van der Waals surface area contributed by atoms with E-state index in [4.69, 9.17) is 15.9 Å². The average molecular weight is 305 g/mol. The zero-order chi connectivity index (χ0) is 16.2. The van der Waals surface area contributed by atoms with Crippen LogP contribution in [0.1, 0.15) is 5.56 Å². The van der Waals surface area contributed by atoms with Crippen LogP contribution in [0, 0.1) is 12.3 Å². The number of ether oxygens (including phenoxy) is 2. The van der Waals surface area contributed by atoms with Gasteiger partial charge in [-0.3, -0.25) is 0 Å². The van der Waals surface area contributed by atoms with Gasteiger partial charge in [0.1, 0.15) is 0 Å². The summed E-state index contributed by atoms with van der Waals surface area (Å²) in [5.74, 6) is 4.35. The van der Waals surface area contributed by atoms with Crippen LogP contribution in [0.2, 0.25) is 0 Å². The summed E-state index contributed by atoms with van der Waals surface area (Å²) in [7, 11) is 3.19. The molecule has 0 radical (unpaired) electrons. The molecule has 0 bridgehead atoms. The van der Waals surface area contributed by atoms with Crippen LogP contribution in [0.3, 0.4) is 0 Å². The van der Waals surface area contributed by atoms with Gasteiger partial charge in [0, 0.05) is 28.9 Å². The fraction of sp³-hybridized carbons (Fsp3) is 0.111. The quantitative estimate of drug-likeness (QED) is 0.749. The number of anilines is 2. The van der Waals surface area contributed by atoms with Crippen LogP contribution in [0.15, 0.2) is 42.6 Å². The molecule has 23 heavy (non-hydrogen) atoms. The number of benzene rings is 2. The Morgan fingerprint density at radius 2 is 1.87 bits per heavy atom. The number of nitrogens with zero attached hydrogens (tertiary/aromatic N) is 2. The van der Waals surface area contributed by atoms with Crippen LogP contribution >= 0.6 is 0 Å². The van der Waals surface area contributed by atoms with Gasteiger partial charge in [0.05, 0.1) is 19.7 Å². The van der Waals surface area contributed by atoms with Crippen LogP contribution in [0.4, 0.5) is 11.6 Å². The maximum absolute atomic E-state index is 5.41. The number of hydrogen-bond donors (Lipinski definition) is 1. The Labute approximate surface area is 134 Å². The van der Waals surface area contributed by atoms with E-state index in [1.165, 1.54) is 0 Å². The number of methoxy groups -OCH3 is 2. The average Bonchev–Trinajstić information content (AvgIpc) is 2.60. The SMILES string of the molecule is C#Cc1cccc(Nc2ncc3cc(OC)c(OC)cc3n2)c1. The molecule has 5 heteroatoms. The van der Waals surface area contributed by atoms with Crippen molar-refractivity contribution in [3.63, 3.8) is 0 Å². The lowest BCUT2D eigenvalue weighted by molar-refractivity contribution is 0.356. The standard InChI is InChI=1S/C18H15N3O2/c1-4-12-6-5-7-14(8-12)20-18-19-11-13-9-16(22-2)17(23-3)10-15(13)21-18/h1,5-11H,2-3H3,(H,19,20,21). The van der Waals surface area contributed by atoms with E-state index in [1.807, 2.05) is 36.4 Å². The van der Waals surface area contributed by atoms with Gasteiger partial charge in [-0.2, -0.15) is 0 Å². The van der Waals surface area contributed by atoms with E-state index in [-0.39, 0.29) is 0 Å². The smallest absolute Gasteiger partial charge is 0.227 e. The first-order chi connectivity index (χ1) is 11.2. The monoisotopic (exact) mass is 305 g/mol. The van der Waals surface area contributed by atoms with Crippen molar-refractivity contribution < 1.29 is 9.47 Å². The molecule has 3 rings (SSSR count). The molecule has 0 unspecified atom stereocenters. The van der Waals surface area contributed by atoms with E-state index >= 15 is 0 Å². The molecule has 0 aliphatic heterocycles. The van der Waals surface area contributed by atoms with Gasteiger partial charge >= 0.3 is 0 Å². The second-order valence-corrected chi connectivity index (χ2v) is 4.81. The molecule has 2 aromatic carbocycles. The van der Waals surface area contributed by atoms with Crippen molar-refractivity contribution in [2.24, 2.45) is 0 Å². The summed E-state index contributed by atoms with van der Waals surface area (Å²) < 4.78 is 10.6. The maximum Gasteiger partial charge on any atom is 0.227 e. The molecule has 1 heterocycles. The number of hydrogen-bond acceptors (Lipinski definition) is 5. The largest absolute Gasteiger partial charge is 0.493 e. The fourth-order valence-corrected chi connectivity index (χ4v) is 2.23. The van der Waals surface area contributed by atoms with E-state index in [1.54, 1.807) is 20.4 Å².